The smallest absolute Gasteiger partial charge is 0.410 e. The summed E-state index contributed by atoms with van der Waals surface area (Å²) in [5, 5.41) is 16.2. The molecule has 156 valence electrons. The zero-order chi connectivity index (χ0) is 21.1. The molecular weight excluding hydrogens is 380 g/mol. The number of aryl methyl sites for hydroxylation is 1. The number of hydrogen-bond acceptors (Lipinski definition) is 6. The van der Waals surface area contributed by atoms with Crippen LogP contribution in [0.2, 0.25) is 0 Å². The summed E-state index contributed by atoms with van der Waals surface area (Å²) >= 11 is 0. The third-order valence-corrected chi connectivity index (χ3v) is 5.63. The van der Waals surface area contributed by atoms with E-state index in [-0.39, 0.29) is 6.04 Å². The predicted octanol–water partition coefficient (Wildman–Crippen LogP) is 3.25. The van der Waals surface area contributed by atoms with Gasteiger partial charge in [0.1, 0.15) is 11.4 Å². The zero-order valence-electron chi connectivity index (χ0n) is 17.5. The lowest BCUT2D eigenvalue weighted by Gasteiger charge is -2.33. The standard InChI is InChI=1S/C22H26N6O2/c1-15-16(2)21(26-25-20(15)19-9-12-23-27(19)3)28-13-10-17(11-14-28)24-22(29)30-18-7-5-4-6-8-18/h4-9,12,17H,10-11,13-14H2,1-3H3,(H,24,29). The highest BCUT2D eigenvalue weighted by Gasteiger charge is 2.25. The molecule has 1 amide bonds. The molecule has 1 aliphatic heterocycles. The fourth-order valence-corrected chi connectivity index (χ4v) is 3.77. The van der Waals surface area contributed by atoms with Crippen molar-refractivity contribution in [1.29, 1.82) is 0 Å². The van der Waals surface area contributed by atoms with Gasteiger partial charge in [0.2, 0.25) is 0 Å². The van der Waals surface area contributed by atoms with Gasteiger partial charge < -0.3 is 15.0 Å². The van der Waals surface area contributed by atoms with Crippen LogP contribution >= 0.6 is 0 Å². The van der Waals surface area contributed by atoms with Crippen LogP contribution in [-0.4, -0.2) is 45.2 Å². The molecule has 1 N–H and O–H groups in total. The minimum Gasteiger partial charge on any atom is -0.410 e. The van der Waals surface area contributed by atoms with Crippen molar-refractivity contribution in [3.05, 3.63) is 53.7 Å². The highest BCUT2D eigenvalue weighted by Crippen LogP contribution is 2.28. The van der Waals surface area contributed by atoms with Gasteiger partial charge in [-0.25, -0.2) is 4.79 Å². The van der Waals surface area contributed by atoms with E-state index in [9.17, 15) is 4.79 Å². The summed E-state index contributed by atoms with van der Waals surface area (Å²) in [6.07, 6.45) is 3.01. The molecule has 3 heterocycles. The third-order valence-electron chi connectivity index (χ3n) is 5.63. The summed E-state index contributed by atoms with van der Waals surface area (Å²) in [6.45, 7) is 5.76. The maximum Gasteiger partial charge on any atom is 0.412 e. The number of nitrogens with zero attached hydrogens (tertiary/aromatic N) is 5. The lowest BCUT2D eigenvalue weighted by Crippen LogP contribution is -2.46. The number of nitrogens with one attached hydrogen (secondary N) is 1. The second-order valence-corrected chi connectivity index (χ2v) is 7.57. The average Bonchev–Trinajstić information content (AvgIpc) is 3.17. The minimum absolute atomic E-state index is 0.0838. The van der Waals surface area contributed by atoms with Gasteiger partial charge >= 0.3 is 6.09 Å². The van der Waals surface area contributed by atoms with E-state index in [0.717, 1.165) is 54.3 Å². The first-order chi connectivity index (χ1) is 14.5. The molecule has 0 spiro atoms. The first-order valence-electron chi connectivity index (χ1n) is 10.1. The van der Waals surface area contributed by atoms with E-state index < -0.39 is 6.09 Å². The number of hydrogen-bond donors (Lipinski definition) is 1. The van der Waals surface area contributed by atoms with Crippen molar-refractivity contribution >= 4 is 11.9 Å². The Balaban J connectivity index is 1.38. The number of anilines is 1. The van der Waals surface area contributed by atoms with Crippen LogP contribution < -0.4 is 15.0 Å². The van der Waals surface area contributed by atoms with E-state index >= 15 is 0 Å². The second-order valence-electron chi connectivity index (χ2n) is 7.57. The molecule has 2 aromatic heterocycles. The lowest BCUT2D eigenvalue weighted by atomic mass is 10.0. The molecule has 30 heavy (non-hydrogen) atoms. The van der Waals surface area contributed by atoms with E-state index in [1.807, 2.05) is 36.0 Å². The van der Waals surface area contributed by atoms with Crippen molar-refractivity contribution in [2.24, 2.45) is 7.05 Å². The van der Waals surface area contributed by atoms with Gasteiger partial charge in [-0.2, -0.15) is 5.10 Å². The Hall–Kier alpha value is -3.42. The molecule has 1 saturated heterocycles. The molecule has 1 aliphatic rings. The van der Waals surface area contributed by atoms with Gasteiger partial charge in [-0.05, 0) is 56.0 Å². The van der Waals surface area contributed by atoms with Crippen LogP contribution in [0.15, 0.2) is 42.6 Å². The number of rotatable bonds is 4. The summed E-state index contributed by atoms with van der Waals surface area (Å²) in [6, 6.07) is 11.1. The van der Waals surface area contributed by atoms with Gasteiger partial charge in [0.25, 0.3) is 0 Å². The molecule has 8 heteroatoms. The number of carbonyl (C=O) groups is 1. The van der Waals surface area contributed by atoms with Crippen LogP contribution in [0.3, 0.4) is 0 Å². The van der Waals surface area contributed by atoms with Crippen molar-refractivity contribution in [3.8, 4) is 17.1 Å². The fraction of sp³-hybridized carbons (Fsp3) is 0.364. The quantitative estimate of drug-likeness (QED) is 0.716. The minimum atomic E-state index is -0.410. The molecule has 0 radical (unpaired) electrons. The number of ether oxygens (including phenoxy) is 1. The van der Waals surface area contributed by atoms with Crippen molar-refractivity contribution in [2.45, 2.75) is 32.7 Å². The molecule has 8 nitrogen and oxygen atoms in total. The number of piperidine rings is 1. The molecular formula is C22H26N6O2. The molecule has 1 aromatic carbocycles. The molecule has 0 bridgehead atoms. The number of benzene rings is 1. The average molecular weight is 406 g/mol. The van der Waals surface area contributed by atoms with Crippen LogP contribution in [0.1, 0.15) is 24.0 Å². The molecule has 0 saturated carbocycles. The number of amides is 1. The Morgan fingerprint density at radius 1 is 1.07 bits per heavy atom. The Kier molecular flexibility index (Phi) is 5.65. The topological polar surface area (TPSA) is 85.2 Å². The highest BCUT2D eigenvalue weighted by atomic mass is 16.6. The second kappa shape index (κ2) is 8.52. The normalized spacial score (nSPS) is 14.6. The van der Waals surface area contributed by atoms with Crippen LogP contribution in [0.4, 0.5) is 10.6 Å². The van der Waals surface area contributed by atoms with Gasteiger partial charge in [0.15, 0.2) is 5.82 Å². The number of para-hydroxylation sites is 1. The zero-order valence-corrected chi connectivity index (χ0v) is 17.5. The first kappa shape index (κ1) is 19.9. The largest absolute Gasteiger partial charge is 0.412 e. The molecule has 0 aliphatic carbocycles. The van der Waals surface area contributed by atoms with Gasteiger partial charge in [-0.15, -0.1) is 10.2 Å². The van der Waals surface area contributed by atoms with Crippen LogP contribution in [0.25, 0.3) is 11.4 Å². The van der Waals surface area contributed by atoms with Gasteiger partial charge in [-0.1, -0.05) is 18.2 Å². The molecule has 0 unspecified atom stereocenters. The van der Waals surface area contributed by atoms with Gasteiger partial charge in [-0.3, -0.25) is 4.68 Å². The van der Waals surface area contributed by atoms with Crippen molar-refractivity contribution in [2.75, 3.05) is 18.0 Å². The summed E-state index contributed by atoms with van der Waals surface area (Å²) < 4.78 is 7.14. The first-order valence-corrected chi connectivity index (χ1v) is 10.1. The Bertz CT molecular complexity index is 1030. The summed E-state index contributed by atoms with van der Waals surface area (Å²) in [5.74, 6) is 1.45. The molecule has 1 fully saturated rings. The highest BCUT2D eigenvalue weighted by molar-refractivity contribution is 5.70. The number of carbonyl (C=O) groups excluding carboxylic acids is 1. The van der Waals surface area contributed by atoms with E-state index in [0.29, 0.717) is 5.75 Å². The lowest BCUT2D eigenvalue weighted by molar-refractivity contribution is 0.193. The third kappa shape index (κ3) is 4.12. The van der Waals surface area contributed by atoms with Gasteiger partial charge in [0, 0.05) is 32.4 Å². The Morgan fingerprint density at radius 2 is 1.80 bits per heavy atom. The van der Waals surface area contributed by atoms with Crippen LogP contribution in [-0.2, 0) is 7.05 Å². The maximum absolute atomic E-state index is 12.1. The maximum atomic E-state index is 12.1. The summed E-state index contributed by atoms with van der Waals surface area (Å²) in [5.41, 5.74) is 4.04. The van der Waals surface area contributed by atoms with Gasteiger partial charge in [0.05, 0.1) is 5.69 Å². The summed E-state index contributed by atoms with van der Waals surface area (Å²) in [4.78, 5) is 14.4. The van der Waals surface area contributed by atoms with Crippen molar-refractivity contribution in [1.82, 2.24) is 25.3 Å². The molecule has 0 atom stereocenters. The monoisotopic (exact) mass is 406 g/mol. The summed E-state index contributed by atoms with van der Waals surface area (Å²) in [7, 11) is 1.90. The van der Waals surface area contributed by atoms with Crippen LogP contribution in [0, 0.1) is 13.8 Å². The predicted molar refractivity (Wildman–Crippen MR) is 115 cm³/mol. The Morgan fingerprint density at radius 3 is 2.47 bits per heavy atom. The van der Waals surface area contributed by atoms with Crippen molar-refractivity contribution in [3.63, 3.8) is 0 Å². The Labute approximate surface area is 175 Å². The van der Waals surface area contributed by atoms with Crippen molar-refractivity contribution < 1.29 is 9.53 Å². The number of aromatic nitrogens is 4. The molecule has 4 rings (SSSR count). The van der Waals surface area contributed by atoms with E-state index in [1.54, 1.807) is 18.3 Å². The van der Waals surface area contributed by atoms with Crippen LogP contribution in [0.5, 0.6) is 5.75 Å². The van der Waals surface area contributed by atoms with E-state index in [1.165, 1.54) is 0 Å². The van der Waals surface area contributed by atoms with E-state index in [2.05, 4.69) is 39.4 Å². The SMILES string of the molecule is Cc1c(-c2ccnn2C)nnc(N2CCC(NC(=O)Oc3ccccc3)CC2)c1C. The fourth-order valence-electron chi connectivity index (χ4n) is 3.77. The van der Waals surface area contributed by atoms with E-state index in [4.69, 9.17) is 4.74 Å². The molecule has 3 aromatic rings.